The fourth-order valence-electron chi connectivity index (χ4n) is 4.44. The molecular weight excluding hydrogens is 300 g/mol. The van der Waals surface area contributed by atoms with E-state index >= 15 is 0 Å². The van der Waals surface area contributed by atoms with Crippen LogP contribution in [0.2, 0.25) is 0 Å². The molecule has 4 heteroatoms. The maximum atomic E-state index is 12.4. The second-order valence-corrected chi connectivity index (χ2v) is 6.89. The fraction of sp³-hybridized carbons (Fsp3) is 0.450. The number of benzene rings is 1. The Hall–Kier alpha value is -2.07. The highest BCUT2D eigenvalue weighted by Gasteiger charge is 2.43. The molecule has 2 heterocycles. The van der Waals surface area contributed by atoms with Gasteiger partial charge in [-0.3, -0.25) is 4.79 Å². The van der Waals surface area contributed by atoms with Gasteiger partial charge in [0.25, 0.3) is 0 Å². The third kappa shape index (κ3) is 2.55. The Morgan fingerprint density at radius 3 is 3.00 bits per heavy atom. The summed E-state index contributed by atoms with van der Waals surface area (Å²) in [5.74, 6) is 0.522. The van der Waals surface area contributed by atoms with Crippen LogP contribution in [0.25, 0.3) is 0 Å². The van der Waals surface area contributed by atoms with Crippen molar-refractivity contribution >= 4 is 5.91 Å². The Morgan fingerprint density at radius 2 is 2.12 bits per heavy atom. The number of carbonyl (C=O) groups is 1. The molecule has 0 radical (unpaired) electrons. The minimum absolute atomic E-state index is 0.0143. The average molecular weight is 324 g/mol. The van der Waals surface area contributed by atoms with Gasteiger partial charge in [0.05, 0.1) is 12.0 Å². The second kappa shape index (κ2) is 6.44. The molecule has 1 aromatic rings. The largest absolute Gasteiger partial charge is 0.396 e. The van der Waals surface area contributed by atoms with Gasteiger partial charge < -0.3 is 15.7 Å². The van der Waals surface area contributed by atoms with Crippen LogP contribution in [0.4, 0.5) is 0 Å². The number of rotatable bonds is 4. The number of hydrogen-bond acceptors (Lipinski definition) is 3. The number of amides is 1. The van der Waals surface area contributed by atoms with Crippen LogP contribution < -0.4 is 10.6 Å². The van der Waals surface area contributed by atoms with Gasteiger partial charge in [-0.15, -0.1) is 0 Å². The molecule has 3 atom stereocenters. The standard InChI is InChI=1S/C20H24N2O2/c23-12-4-6-13-5-1-2-7-14(13)19-15-10-11-21-20(24)16-8-3-9-17(22-19)18(15)16/h1-3,5,7,9,15-16,19,22-23H,4,6,8,10-12H2,(H,21,24). The summed E-state index contributed by atoms with van der Waals surface area (Å²) >= 11 is 0. The zero-order valence-corrected chi connectivity index (χ0v) is 13.8. The highest BCUT2D eigenvalue weighted by atomic mass is 16.2. The molecule has 1 aromatic carbocycles. The van der Waals surface area contributed by atoms with Crippen molar-refractivity contribution in [3.63, 3.8) is 0 Å². The monoisotopic (exact) mass is 324 g/mol. The quantitative estimate of drug-likeness (QED) is 0.796. The lowest BCUT2D eigenvalue weighted by atomic mass is 9.78. The normalized spacial score (nSPS) is 28.2. The van der Waals surface area contributed by atoms with Gasteiger partial charge in [-0.05, 0) is 48.5 Å². The Morgan fingerprint density at radius 1 is 1.25 bits per heavy atom. The molecule has 0 saturated carbocycles. The van der Waals surface area contributed by atoms with Crippen LogP contribution >= 0.6 is 0 Å². The van der Waals surface area contributed by atoms with Crippen LogP contribution in [0.1, 0.15) is 36.4 Å². The van der Waals surface area contributed by atoms with Gasteiger partial charge >= 0.3 is 0 Å². The lowest BCUT2D eigenvalue weighted by Gasteiger charge is -2.25. The molecule has 3 aliphatic rings. The van der Waals surface area contributed by atoms with E-state index < -0.39 is 0 Å². The van der Waals surface area contributed by atoms with Gasteiger partial charge in [-0.25, -0.2) is 0 Å². The number of carbonyl (C=O) groups excluding carboxylic acids is 1. The van der Waals surface area contributed by atoms with Crippen molar-refractivity contribution in [1.82, 2.24) is 10.6 Å². The van der Waals surface area contributed by atoms with Gasteiger partial charge in [0.2, 0.25) is 5.91 Å². The molecule has 4 nitrogen and oxygen atoms in total. The van der Waals surface area contributed by atoms with Crippen LogP contribution in [0.5, 0.6) is 0 Å². The Bertz CT molecular complexity index is 707. The molecule has 1 aliphatic carbocycles. The van der Waals surface area contributed by atoms with Crippen LogP contribution in [0.15, 0.2) is 47.7 Å². The van der Waals surface area contributed by atoms with Crippen molar-refractivity contribution in [2.45, 2.75) is 31.7 Å². The number of aliphatic hydroxyl groups excluding tert-OH is 1. The van der Waals surface area contributed by atoms with E-state index in [1.54, 1.807) is 0 Å². The molecule has 0 spiro atoms. The summed E-state index contributed by atoms with van der Waals surface area (Å²) in [6, 6.07) is 8.74. The molecular formula is C20H24N2O2. The van der Waals surface area contributed by atoms with Crippen molar-refractivity contribution in [3.8, 4) is 0 Å². The van der Waals surface area contributed by atoms with Crippen molar-refractivity contribution in [2.24, 2.45) is 11.8 Å². The SMILES string of the molecule is O=C1NCCC2C3=C(C=CCC13)NC2c1ccccc1CCCO. The second-order valence-electron chi connectivity index (χ2n) is 6.89. The molecule has 3 N–H and O–H groups in total. The van der Waals surface area contributed by atoms with Gasteiger partial charge in [-0.2, -0.15) is 0 Å². The zero-order chi connectivity index (χ0) is 16.5. The first kappa shape index (κ1) is 15.5. The van der Waals surface area contributed by atoms with Gasteiger partial charge in [0.1, 0.15) is 0 Å². The van der Waals surface area contributed by atoms with E-state index in [1.165, 1.54) is 16.7 Å². The maximum Gasteiger partial charge on any atom is 0.227 e. The van der Waals surface area contributed by atoms with Crippen molar-refractivity contribution < 1.29 is 9.90 Å². The van der Waals surface area contributed by atoms with E-state index in [1.807, 2.05) is 0 Å². The van der Waals surface area contributed by atoms with E-state index in [9.17, 15) is 9.90 Å². The third-order valence-electron chi connectivity index (χ3n) is 5.52. The molecule has 126 valence electrons. The van der Waals surface area contributed by atoms with E-state index in [2.05, 4.69) is 47.1 Å². The highest BCUT2D eigenvalue weighted by Crippen LogP contribution is 2.46. The molecule has 1 fully saturated rings. The summed E-state index contributed by atoms with van der Waals surface area (Å²) in [6.45, 7) is 0.960. The van der Waals surface area contributed by atoms with Crippen LogP contribution in [-0.2, 0) is 11.2 Å². The number of aryl methyl sites for hydroxylation is 1. The first-order chi connectivity index (χ1) is 11.8. The first-order valence-electron chi connectivity index (χ1n) is 8.93. The molecule has 1 saturated heterocycles. The Kier molecular flexibility index (Phi) is 4.15. The van der Waals surface area contributed by atoms with Crippen LogP contribution in [0, 0.1) is 11.8 Å². The summed E-state index contributed by atoms with van der Waals surface area (Å²) in [7, 11) is 0. The smallest absolute Gasteiger partial charge is 0.227 e. The number of aliphatic hydroxyl groups is 1. The van der Waals surface area contributed by atoms with Crippen LogP contribution in [-0.4, -0.2) is 24.2 Å². The third-order valence-corrected chi connectivity index (χ3v) is 5.52. The van der Waals surface area contributed by atoms with Crippen molar-refractivity contribution in [3.05, 3.63) is 58.8 Å². The predicted molar refractivity (Wildman–Crippen MR) is 93.1 cm³/mol. The summed E-state index contributed by atoms with van der Waals surface area (Å²) in [4.78, 5) is 12.4. The molecule has 4 rings (SSSR count). The molecule has 3 unspecified atom stereocenters. The Labute approximate surface area is 142 Å². The first-order valence-corrected chi connectivity index (χ1v) is 8.93. The fourth-order valence-corrected chi connectivity index (χ4v) is 4.44. The minimum atomic E-state index is -0.0143. The van der Waals surface area contributed by atoms with E-state index in [0.29, 0.717) is 5.92 Å². The van der Waals surface area contributed by atoms with E-state index in [-0.39, 0.29) is 24.5 Å². The maximum absolute atomic E-state index is 12.4. The predicted octanol–water partition coefficient (Wildman–Crippen LogP) is 2.22. The van der Waals surface area contributed by atoms with E-state index in [4.69, 9.17) is 0 Å². The van der Waals surface area contributed by atoms with Crippen molar-refractivity contribution in [1.29, 1.82) is 0 Å². The lowest BCUT2D eigenvalue weighted by molar-refractivity contribution is -0.123. The molecule has 0 bridgehead atoms. The van der Waals surface area contributed by atoms with Gasteiger partial charge in [0.15, 0.2) is 0 Å². The molecule has 24 heavy (non-hydrogen) atoms. The minimum Gasteiger partial charge on any atom is -0.396 e. The average Bonchev–Trinajstić information content (AvgIpc) is 2.89. The number of nitrogens with one attached hydrogen (secondary N) is 2. The molecule has 2 aliphatic heterocycles. The summed E-state index contributed by atoms with van der Waals surface area (Å²) < 4.78 is 0. The molecule has 1 amide bonds. The van der Waals surface area contributed by atoms with E-state index in [0.717, 1.165) is 37.9 Å². The van der Waals surface area contributed by atoms with Crippen molar-refractivity contribution in [2.75, 3.05) is 13.2 Å². The molecule has 0 aromatic heterocycles. The topological polar surface area (TPSA) is 61.4 Å². The van der Waals surface area contributed by atoms with Crippen LogP contribution in [0.3, 0.4) is 0 Å². The number of allylic oxidation sites excluding steroid dienone is 2. The Balaban J connectivity index is 1.70. The number of hydrogen-bond donors (Lipinski definition) is 3. The summed E-state index contributed by atoms with van der Waals surface area (Å²) in [5, 5.41) is 16.0. The lowest BCUT2D eigenvalue weighted by Crippen LogP contribution is -2.30. The highest BCUT2D eigenvalue weighted by molar-refractivity contribution is 5.83. The van der Waals surface area contributed by atoms with Gasteiger partial charge in [-0.1, -0.05) is 30.3 Å². The van der Waals surface area contributed by atoms with Gasteiger partial charge in [0, 0.05) is 24.8 Å². The summed E-state index contributed by atoms with van der Waals surface area (Å²) in [5.41, 5.74) is 5.06. The zero-order valence-electron chi connectivity index (χ0n) is 13.8. The summed E-state index contributed by atoms with van der Waals surface area (Å²) in [6.07, 6.45) is 7.71.